The second-order valence-electron chi connectivity index (χ2n) is 5.50. The summed E-state index contributed by atoms with van der Waals surface area (Å²) in [7, 11) is 0. The fourth-order valence-electron chi connectivity index (χ4n) is 2.65. The van der Waals surface area contributed by atoms with Crippen molar-refractivity contribution >= 4 is 17.3 Å². The highest BCUT2D eigenvalue weighted by Crippen LogP contribution is 2.25. The van der Waals surface area contributed by atoms with E-state index >= 15 is 0 Å². The van der Waals surface area contributed by atoms with Gasteiger partial charge in [-0.3, -0.25) is 4.90 Å². The number of nitrogens with one attached hydrogen (secondary N) is 1. The van der Waals surface area contributed by atoms with E-state index in [4.69, 9.17) is 15.6 Å². The van der Waals surface area contributed by atoms with Crippen molar-refractivity contribution in [1.82, 2.24) is 14.9 Å². The maximum Gasteiger partial charge on any atom is 0.157 e. The average Bonchev–Trinajstić information content (AvgIpc) is 2.59. The number of rotatable bonds is 9. The highest BCUT2D eigenvalue weighted by Gasteiger charge is 2.14. The zero-order valence-electron chi connectivity index (χ0n) is 13.9. The Morgan fingerprint density at radius 2 is 2.17 bits per heavy atom. The molecule has 0 amide bonds. The van der Waals surface area contributed by atoms with Gasteiger partial charge in [-0.05, 0) is 19.9 Å². The first kappa shape index (κ1) is 17.7. The zero-order chi connectivity index (χ0) is 16.5. The predicted octanol–water partition coefficient (Wildman–Crippen LogP) is 0.0116. The largest absolute Gasteiger partial charge is 0.395 e. The first-order chi connectivity index (χ1) is 11.3. The molecule has 0 aromatic carbocycles. The fourth-order valence-corrected chi connectivity index (χ4v) is 2.65. The quantitative estimate of drug-likeness (QED) is 0.546. The fraction of sp³-hybridized carbons (Fsp3) is 0.733. The van der Waals surface area contributed by atoms with E-state index in [1.807, 2.05) is 11.8 Å². The number of aromatic nitrogens is 2. The van der Waals surface area contributed by atoms with Gasteiger partial charge in [-0.2, -0.15) is 0 Å². The van der Waals surface area contributed by atoms with Crippen LogP contribution in [0.15, 0.2) is 6.33 Å². The maximum absolute atomic E-state index is 9.13. The Morgan fingerprint density at radius 3 is 2.87 bits per heavy atom. The molecule has 0 atom stereocenters. The number of ether oxygens (including phenoxy) is 1. The molecule has 0 saturated carbocycles. The van der Waals surface area contributed by atoms with Crippen molar-refractivity contribution in [3.05, 3.63) is 6.33 Å². The lowest BCUT2D eigenvalue weighted by Crippen LogP contribution is -2.37. The van der Waals surface area contributed by atoms with Crippen LogP contribution in [-0.4, -0.2) is 79.1 Å². The number of hydrogen-bond acceptors (Lipinski definition) is 8. The van der Waals surface area contributed by atoms with Crippen LogP contribution < -0.4 is 16.0 Å². The molecule has 0 unspecified atom stereocenters. The summed E-state index contributed by atoms with van der Waals surface area (Å²) in [5, 5.41) is 12.4. The number of hydrogen-bond donors (Lipinski definition) is 3. The van der Waals surface area contributed by atoms with Gasteiger partial charge in [0, 0.05) is 32.7 Å². The van der Waals surface area contributed by atoms with E-state index in [1.165, 1.54) is 6.33 Å². The van der Waals surface area contributed by atoms with Crippen molar-refractivity contribution in [2.45, 2.75) is 13.3 Å². The Balaban J connectivity index is 1.84. The van der Waals surface area contributed by atoms with E-state index in [9.17, 15) is 0 Å². The van der Waals surface area contributed by atoms with Gasteiger partial charge in [0.2, 0.25) is 0 Å². The van der Waals surface area contributed by atoms with Crippen molar-refractivity contribution < 1.29 is 9.84 Å². The number of anilines is 3. The zero-order valence-corrected chi connectivity index (χ0v) is 13.9. The number of nitrogen functional groups attached to an aromatic ring is 1. The number of nitrogens with zero attached hydrogens (tertiary/aromatic N) is 4. The third-order valence-corrected chi connectivity index (χ3v) is 3.96. The molecule has 1 aromatic rings. The monoisotopic (exact) mass is 324 g/mol. The molecule has 2 heterocycles. The summed E-state index contributed by atoms with van der Waals surface area (Å²) in [6.45, 7) is 8.84. The van der Waals surface area contributed by atoms with E-state index in [1.54, 1.807) is 0 Å². The van der Waals surface area contributed by atoms with Crippen LogP contribution in [0.1, 0.15) is 13.3 Å². The van der Waals surface area contributed by atoms with E-state index in [2.05, 4.69) is 20.2 Å². The summed E-state index contributed by atoms with van der Waals surface area (Å²) in [6, 6.07) is 0. The van der Waals surface area contributed by atoms with Gasteiger partial charge in [0.1, 0.15) is 12.0 Å². The van der Waals surface area contributed by atoms with Crippen LogP contribution in [0.5, 0.6) is 0 Å². The minimum absolute atomic E-state index is 0.0690. The molecule has 0 radical (unpaired) electrons. The number of nitrogens with two attached hydrogens (primary N) is 1. The lowest BCUT2D eigenvalue weighted by molar-refractivity contribution is 0.0378. The smallest absolute Gasteiger partial charge is 0.157 e. The van der Waals surface area contributed by atoms with Crippen LogP contribution in [0.2, 0.25) is 0 Å². The number of morpholine rings is 1. The lowest BCUT2D eigenvalue weighted by Gasteiger charge is -2.26. The van der Waals surface area contributed by atoms with Crippen molar-refractivity contribution in [1.29, 1.82) is 0 Å². The third-order valence-electron chi connectivity index (χ3n) is 3.96. The minimum atomic E-state index is 0.0690. The van der Waals surface area contributed by atoms with Crippen LogP contribution in [0.3, 0.4) is 0 Å². The summed E-state index contributed by atoms with van der Waals surface area (Å²) in [5.74, 6) is 1.33. The molecule has 1 aromatic heterocycles. The van der Waals surface area contributed by atoms with Gasteiger partial charge in [-0.1, -0.05) is 0 Å². The van der Waals surface area contributed by atoms with Crippen LogP contribution >= 0.6 is 0 Å². The molecule has 1 aliphatic heterocycles. The van der Waals surface area contributed by atoms with Gasteiger partial charge >= 0.3 is 0 Å². The van der Waals surface area contributed by atoms with E-state index < -0.39 is 0 Å². The molecule has 1 fully saturated rings. The molecule has 8 heteroatoms. The summed E-state index contributed by atoms with van der Waals surface area (Å²) in [6.07, 6.45) is 2.53. The summed E-state index contributed by atoms with van der Waals surface area (Å²) in [5.41, 5.74) is 6.71. The summed E-state index contributed by atoms with van der Waals surface area (Å²) >= 11 is 0. The molecule has 23 heavy (non-hydrogen) atoms. The van der Waals surface area contributed by atoms with Gasteiger partial charge in [-0.15, -0.1) is 0 Å². The topological polar surface area (TPSA) is 99.8 Å². The third kappa shape index (κ3) is 5.19. The van der Waals surface area contributed by atoms with E-state index in [0.29, 0.717) is 23.9 Å². The van der Waals surface area contributed by atoms with Crippen molar-refractivity contribution in [2.24, 2.45) is 0 Å². The van der Waals surface area contributed by atoms with Crippen molar-refractivity contribution in [3.63, 3.8) is 0 Å². The molecule has 1 saturated heterocycles. The molecular formula is C15H28N6O2. The normalized spacial score (nSPS) is 15.6. The average molecular weight is 324 g/mol. The standard InChI is InChI=1S/C15H28N6O2/c1-2-21(6-9-22)15-13(16)14(18-12-19-15)17-4-3-5-20-7-10-23-11-8-20/h12,22H,2-11,16H2,1H3,(H,17,18,19). The predicted molar refractivity (Wildman–Crippen MR) is 91.8 cm³/mol. The molecule has 4 N–H and O–H groups in total. The first-order valence-corrected chi connectivity index (χ1v) is 8.26. The summed E-state index contributed by atoms with van der Waals surface area (Å²) in [4.78, 5) is 12.8. The van der Waals surface area contributed by atoms with Crippen LogP contribution in [0.4, 0.5) is 17.3 Å². The van der Waals surface area contributed by atoms with Crippen LogP contribution in [-0.2, 0) is 4.74 Å². The molecule has 8 nitrogen and oxygen atoms in total. The lowest BCUT2D eigenvalue weighted by atomic mass is 10.3. The van der Waals surface area contributed by atoms with Gasteiger partial charge in [0.25, 0.3) is 0 Å². The Morgan fingerprint density at radius 1 is 1.39 bits per heavy atom. The summed E-state index contributed by atoms with van der Waals surface area (Å²) < 4.78 is 5.34. The van der Waals surface area contributed by atoms with E-state index in [-0.39, 0.29) is 6.61 Å². The Hall–Kier alpha value is -1.64. The molecular weight excluding hydrogens is 296 g/mol. The molecule has 130 valence electrons. The van der Waals surface area contributed by atoms with Crippen molar-refractivity contribution in [3.8, 4) is 0 Å². The van der Waals surface area contributed by atoms with Crippen LogP contribution in [0, 0.1) is 0 Å². The molecule has 0 bridgehead atoms. The Bertz CT molecular complexity index is 467. The highest BCUT2D eigenvalue weighted by molar-refractivity contribution is 5.74. The number of aliphatic hydroxyl groups is 1. The first-order valence-electron chi connectivity index (χ1n) is 8.26. The van der Waals surface area contributed by atoms with Gasteiger partial charge in [-0.25, -0.2) is 9.97 Å². The molecule has 0 aliphatic carbocycles. The number of likely N-dealkylation sites (N-methyl/N-ethyl adjacent to an activating group) is 1. The van der Waals surface area contributed by atoms with Crippen LogP contribution in [0.25, 0.3) is 0 Å². The molecule has 2 rings (SSSR count). The van der Waals surface area contributed by atoms with Gasteiger partial charge in [0.05, 0.1) is 19.8 Å². The Labute approximate surface area is 137 Å². The number of aliphatic hydroxyl groups excluding tert-OH is 1. The van der Waals surface area contributed by atoms with Gasteiger partial charge < -0.3 is 25.8 Å². The SMILES string of the molecule is CCN(CCO)c1ncnc(NCCCN2CCOCC2)c1N. The second kappa shape index (κ2) is 9.49. The second-order valence-corrected chi connectivity index (χ2v) is 5.50. The Kier molecular flexibility index (Phi) is 7.31. The molecule has 0 spiro atoms. The minimum Gasteiger partial charge on any atom is -0.395 e. The maximum atomic E-state index is 9.13. The molecule has 1 aliphatic rings. The van der Waals surface area contributed by atoms with E-state index in [0.717, 1.165) is 52.4 Å². The van der Waals surface area contributed by atoms with Gasteiger partial charge in [0.15, 0.2) is 11.6 Å². The highest BCUT2D eigenvalue weighted by atomic mass is 16.5. The van der Waals surface area contributed by atoms with Crippen molar-refractivity contribution in [2.75, 3.05) is 75.0 Å².